The number of carbonyl (C=O) groups excluding carboxylic acids is 1. The number of para-hydroxylation sites is 1. The number of hydrogen-bond donors (Lipinski definition) is 2. The van der Waals surface area contributed by atoms with Gasteiger partial charge in [0.15, 0.2) is 12.1 Å². The zero-order valence-electron chi connectivity index (χ0n) is 7.40. The SMILES string of the molecule is O=Cc1ccccc1Nc1cc[nH]n1. The number of nitrogens with zero attached hydrogens (tertiary/aromatic N) is 1. The summed E-state index contributed by atoms with van der Waals surface area (Å²) in [6, 6.07) is 9.06. The maximum atomic E-state index is 10.7. The van der Waals surface area contributed by atoms with Gasteiger partial charge in [-0.1, -0.05) is 12.1 Å². The van der Waals surface area contributed by atoms with E-state index in [9.17, 15) is 4.79 Å². The molecule has 0 radical (unpaired) electrons. The molecule has 4 nitrogen and oxygen atoms in total. The van der Waals surface area contributed by atoms with Crippen molar-refractivity contribution in [2.45, 2.75) is 0 Å². The maximum Gasteiger partial charge on any atom is 0.152 e. The van der Waals surface area contributed by atoms with Crippen LogP contribution < -0.4 is 5.32 Å². The molecule has 1 heterocycles. The van der Waals surface area contributed by atoms with Crippen LogP contribution in [0.15, 0.2) is 36.5 Å². The quantitative estimate of drug-likeness (QED) is 0.722. The lowest BCUT2D eigenvalue weighted by Gasteiger charge is -2.04. The largest absolute Gasteiger partial charge is 0.338 e. The fourth-order valence-corrected chi connectivity index (χ4v) is 1.18. The van der Waals surface area contributed by atoms with E-state index in [0.29, 0.717) is 11.4 Å². The third-order valence-corrected chi connectivity index (χ3v) is 1.85. The van der Waals surface area contributed by atoms with Crippen LogP contribution in [0, 0.1) is 0 Å². The zero-order chi connectivity index (χ0) is 9.80. The second-order valence-corrected chi connectivity index (χ2v) is 2.79. The van der Waals surface area contributed by atoms with Crippen molar-refractivity contribution in [2.24, 2.45) is 0 Å². The first-order chi connectivity index (χ1) is 6.90. The molecule has 2 rings (SSSR count). The van der Waals surface area contributed by atoms with Crippen LogP contribution in [0.4, 0.5) is 11.5 Å². The van der Waals surface area contributed by atoms with Gasteiger partial charge >= 0.3 is 0 Å². The number of aromatic nitrogens is 2. The summed E-state index contributed by atoms with van der Waals surface area (Å²) < 4.78 is 0. The zero-order valence-corrected chi connectivity index (χ0v) is 7.40. The molecule has 1 aromatic heterocycles. The average Bonchev–Trinajstić information content (AvgIpc) is 2.71. The molecule has 1 aromatic carbocycles. The van der Waals surface area contributed by atoms with Crippen LogP contribution in [0.25, 0.3) is 0 Å². The fourth-order valence-electron chi connectivity index (χ4n) is 1.18. The number of anilines is 2. The minimum Gasteiger partial charge on any atom is -0.338 e. The van der Waals surface area contributed by atoms with Gasteiger partial charge in [-0.15, -0.1) is 0 Å². The van der Waals surface area contributed by atoms with Gasteiger partial charge in [0.1, 0.15) is 0 Å². The second kappa shape index (κ2) is 3.74. The van der Waals surface area contributed by atoms with E-state index in [4.69, 9.17) is 0 Å². The Hall–Kier alpha value is -2.10. The molecule has 2 N–H and O–H groups in total. The molecular weight excluding hydrogens is 178 g/mol. The standard InChI is InChI=1S/C10H9N3O/c14-7-8-3-1-2-4-9(8)12-10-5-6-11-13-10/h1-7H,(H2,11,12,13). The summed E-state index contributed by atoms with van der Waals surface area (Å²) in [4.78, 5) is 10.7. The molecule has 0 spiro atoms. The number of hydrogen-bond acceptors (Lipinski definition) is 3. The average molecular weight is 187 g/mol. The molecule has 0 aliphatic heterocycles. The van der Waals surface area contributed by atoms with Crippen molar-refractivity contribution in [1.29, 1.82) is 0 Å². The van der Waals surface area contributed by atoms with E-state index in [1.807, 2.05) is 18.2 Å². The van der Waals surface area contributed by atoms with Gasteiger partial charge in [-0.25, -0.2) is 0 Å². The van der Waals surface area contributed by atoms with Gasteiger partial charge in [-0.05, 0) is 12.1 Å². The summed E-state index contributed by atoms with van der Waals surface area (Å²) in [6.07, 6.45) is 2.53. The molecule has 0 aliphatic carbocycles. The Labute approximate surface area is 81.0 Å². The summed E-state index contributed by atoms with van der Waals surface area (Å²) >= 11 is 0. The molecule has 0 fully saturated rings. The van der Waals surface area contributed by atoms with Gasteiger partial charge in [0.2, 0.25) is 0 Å². The predicted octanol–water partition coefficient (Wildman–Crippen LogP) is 1.97. The van der Waals surface area contributed by atoms with Gasteiger partial charge in [-0.3, -0.25) is 9.89 Å². The van der Waals surface area contributed by atoms with Crippen LogP contribution >= 0.6 is 0 Å². The molecule has 0 unspecified atom stereocenters. The molecule has 0 saturated heterocycles. The monoisotopic (exact) mass is 187 g/mol. The van der Waals surface area contributed by atoms with Gasteiger partial charge in [0, 0.05) is 17.8 Å². The van der Waals surface area contributed by atoms with Crippen LogP contribution in [0.1, 0.15) is 10.4 Å². The summed E-state index contributed by atoms with van der Waals surface area (Å²) in [7, 11) is 0. The number of aromatic amines is 1. The van der Waals surface area contributed by atoms with Gasteiger partial charge in [0.25, 0.3) is 0 Å². The van der Waals surface area contributed by atoms with E-state index in [2.05, 4.69) is 15.5 Å². The minimum atomic E-state index is 0.621. The Balaban J connectivity index is 2.28. The topological polar surface area (TPSA) is 57.8 Å². The highest BCUT2D eigenvalue weighted by Gasteiger charge is 2.00. The highest BCUT2D eigenvalue weighted by molar-refractivity contribution is 5.85. The molecule has 70 valence electrons. The summed E-state index contributed by atoms with van der Waals surface area (Å²) in [5.74, 6) is 0.694. The number of nitrogens with one attached hydrogen (secondary N) is 2. The normalized spacial score (nSPS) is 9.71. The number of rotatable bonds is 3. The summed E-state index contributed by atoms with van der Waals surface area (Å²) in [5, 5.41) is 9.65. The second-order valence-electron chi connectivity index (χ2n) is 2.79. The molecule has 14 heavy (non-hydrogen) atoms. The van der Waals surface area contributed by atoms with Crippen molar-refractivity contribution in [1.82, 2.24) is 10.2 Å². The molecule has 0 bridgehead atoms. The van der Waals surface area contributed by atoms with Crippen LogP contribution in [0.2, 0.25) is 0 Å². The third-order valence-electron chi connectivity index (χ3n) is 1.85. The highest BCUT2D eigenvalue weighted by atomic mass is 16.1. The molecule has 2 aromatic rings. The Morgan fingerprint density at radius 1 is 1.29 bits per heavy atom. The predicted molar refractivity (Wildman–Crippen MR) is 53.7 cm³/mol. The van der Waals surface area contributed by atoms with Crippen molar-refractivity contribution < 1.29 is 4.79 Å². The molecule has 0 saturated carbocycles. The number of benzene rings is 1. The van der Waals surface area contributed by atoms with E-state index >= 15 is 0 Å². The molecule has 0 atom stereocenters. The third kappa shape index (κ3) is 1.64. The van der Waals surface area contributed by atoms with E-state index in [0.717, 1.165) is 12.0 Å². The molecule has 0 amide bonds. The minimum absolute atomic E-state index is 0.621. The van der Waals surface area contributed by atoms with Crippen LogP contribution in [-0.4, -0.2) is 16.5 Å². The first-order valence-electron chi connectivity index (χ1n) is 4.21. The number of H-pyrrole nitrogens is 1. The van der Waals surface area contributed by atoms with E-state index < -0.39 is 0 Å². The van der Waals surface area contributed by atoms with Crippen LogP contribution in [0.3, 0.4) is 0 Å². The molecule has 0 aliphatic rings. The lowest BCUT2D eigenvalue weighted by atomic mass is 10.2. The lowest BCUT2D eigenvalue weighted by Crippen LogP contribution is -1.94. The Kier molecular flexibility index (Phi) is 2.27. The number of carbonyl (C=O) groups is 1. The molecular formula is C10H9N3O. The van der Waals surface area contributed by atoms with Gasteiger partial charge in [-0.2, -0.15) is 5.10 Å². The Morgan fingerprint density at radius 2 is 2.14 bits per heavy atom. The van der Waals surface area contributed by atoms with Crippen molar-refractivity contribution in [2.75, 3.05) is 5.32 Å². The van der Waals surface area contributed by atoms with Gasteiger partial charge in [0.05, 0.1) is 5.69 Å². The van der Waals surface area contributed by atoms with Crippen molar-refractivity contribution in [3.05, 3.63) is 42.1 Å². The van der Waals surface area contributed by atoms with Crippen LogP contribution in [0.5, 0.6) is 0 Å². The van der Waals surface area contributed by atoms with E-state index in [1.54, 1.807) is 18.3 Å². The summed E-state index contributed by atoms with van der Waals surface area (Å²) in [5.41, 5.74) is 1.38. The Bertz CT molecular complexity index is 423. The fraction of sp³-hybridized carbons (Fsp3) is 0. The van der Waals surface area contributed by atoms with Gasteiger partial charge < -0.3 is 5.32 Å². The van der Waals surface area contributed by atoms with Crippen molar-refractivity contribution >= 4 is 17.8 Å². The number of aldehydes is 1. The first kappa shape index (κ1) is 8.50. The van der Waals surface area contributed by atoms with Crippen LogP contribution in [-0.2, 0) is 0 Å². The summed E-state index contributed by atoms with van der Waals surface area (Å²) in [6.45, 7) is 0. The lowest BCUT2D eigenvalue weighted by molar-refractivity contribution is 0.112. The van der Waals surface area contributed by atoms with Crippen molar-refractivity contribution in [3.8, 4) is 0 Å². The molecule has 4 heteroatoms. The first-order valence-corrected chi connectivity index (χ1v) is 4.21. The maximum absolute atomic E-state index is 10.7. The smallest absolute Gasteiger partial charge is 0.152 e. The van der Waals surface area contributed by atoms with Crippen molar-refractivity contribution in [3.63, 3.8) is 0 Å². The Morgan fingerprint density at radius 3 is 2.86 bits per heavy atom. The van der Waals surface area contributed by atoms with E-state index in [-0.39, 0.29) is 0 Å². The van der Waals surface area contributed by atoms with E-state index in [1.165, 1.54) is 0 Å². The highest BCUT2D eigenvalue weighted by Crippen LogP contribution is 2.16.